The Hall–Kier alpha value is -2.22. The Morgan fingerprint density at radius 2 is 2.12 bits per heavy atom. The molecule has 1 amide bonds. The van der Waals surface area contributed by atoms with Crippen LogP contribution in [0.5, 0.6) is 5.75 Å². The van der Waals surface area contributed by atoms with Gasteiger partial charge in [0.15, 0.2) is 0 Å². The largest absolute Gasteiger partial charge is 0.489 e. The van der Waals surface area contributed by atoms with E-state index in [0.717, 1.165) is 6.42 Å². The third-order valence-corrected chi connectivity index (χ3v) is 6.03. The molecule has 2 atom stereocenters. The number of piperidine rings is 1. The van der Waals surface area contributed by atoms with Crippen LogP contribution in [0.4, 0.5) is 8.78 Å². The third kappa shape index (κ3) is 4.90. The highest BCUT2D eigenvalue weighted by Crippen LogP contribution is 2.44. The van der Waals surface area contributed by atoms with Gasteiger partial charge in [0.2, 0.25) is 0 Å². The molecule has 32 heavy (non-hydrogen) atoms. The van der Waals surface area contributed by atoms with Crippen molar-refractivity contribution in [2.24, 2.45) is 0 Å². The van der Waals surface area contributed by atoms with E-state index >= 15 is 0 Å². The molecule has 0 bridgehead atoms. The number of benzene rings is 2. The summed E-state index contributed by atoms with van der Waals surface area (Å²) in [5, 5.41) is 0.241. The Balaban J connectivity index is 1.51. The lowest BCUT2D eigenvalue weighted by molar-refractivity contribution is -0.0537. The van der Waals surface area contributed by atoms with Gasteiger partial charge in [0, 0.05) is 12.1 Å². The first-order chi connectivity index (χ1) is 15.2. The van der Waals surface area contributed by atoms with Gasteiger partial charge in [-0.05, 0) is 62.6 Å². The Morgan fingerprint density at radius 1 is 1.31 bits per heavy atom. The van der Waals surface area contributed by atoms with Crippen LogP contribution >= 0.6 is 11.6 Å². The summed E-state index contributed by atoms with van der Waals surface area (Å²) in [5.74, 6) is -0.218. The number of carbonyl (C=O) groups is 1. The van der Waals surface area contributed by atoms with Crippen LogP contribution in [0.2, 0.25) is 5.02 Å². The maximum atomic E-state index is 13.8. The first kappa shape index (κ1) is 23.0. The van der Waals surface area contributed by atoms with Crippen LogP contribution in [0.3, 0.4) is 0 Å². The average molecular weight is 466 g/mol. The van der Waals surface area contributed by atoms with E-state index in [1.165, 1.54) is 32.0 Å². The first-order valence-electron chi connectivity index (χ1n) is 10.6. The molecule has 0 N–H and O–H groups in total. The van der Waals surface area contributed by atoms with Crippen molar-refractivity contribution in [1.29, 1.82) is 0 Å². The zero-order valence-corrected chi connectivity index (χ0v) is 18.8. The van der Waals surface area contributed by atoms with Crippen LogP contribution in [0.1, 0.15) is 48.7 Å². The lowest BCUT2D eigenvalue weighted by atomic mass is 9.83. The maximum absolute atomic E-state index is 13.8. The maximum Gasteiger partial charge on any atom is 0.254 e. The molecule has 2 saturated heterocycles. The van der Waals surface area contributed by atoms with E-state index in [2.05, 4.69) is 0 Å². The number of alkyl halides is 1. The van der Waals surface area contributed by atoms with Gasteiger partial charge in [-0.25, -0.2) is 8.78 Å². The fourth-order valence-corrected chi connectivity index (χ4v) is 4.49. The summed E-state index contributed by atoms with van der Waals surface area (Å²) in [5.41, 5.74) is -1.14. The first-order valence-corrected chi connectivity index (χ1v) is 11.0. The highest BCUT2D eigenvalue weighted by molar-refractivity contribution is 6.32. The van der Waals surface area contributed by atoms with Gasteiger partial charge in [0.05, 0.1) is 11.6 Å². The zero-order valence-electron chi connectivity index (χ0n) is 18.1. The highest BCUT2D eigenvalue weighted by Gasteiger charge is 2.50. The van der Waals surface area contributed by atoms with Crippen molar-refractivity contribution in [2.45, 2.75) is 44.1 Å². The molecule has 2 heterocycles. The Bertz CT molecular complexity index is 996. The number of ether oxygens (including phenoxy) is 3. The SMILES string of the molecule is CC(C)(F)COc1ccc(C(=O)N2CCCC3(C2)OCO[C@H]3c2cccc(F)c2)cc1Cl. The molecule has 0 saturated carbocycles. The van der Waals surface area contributed by atoms with E-state index in [9.17, 15) is 13.6 Å². The van der Waals surface area contributed by atoms with Crippen molar-refractivity contribution in [3.63, 3.8) is 0 Å². The topological polar surface area (TPSA) is 48.0 Å². The van der Waals surface area contributed by atoms with Crippen LogP contribution in [0.15, 0.2) is 42.5 Å². The van der Waals surface area contributed by atoms with E-state index in [1.807, 2.05) is 6.07 Å². The number of nitrogens with zero attached hydrogens (tertiary/aromatic N) is 1. The van der Waals surface area contributed by atoms with Crippen molar-refractivity contribution < 1.29 is 27.8 Å². The van der Waals surface area contributed by atoms with Gasteiger partial charge in [-0.2, -0.15) is 0 Å². The van der Waals surface area contributed by atoms with Crippen LogP contribution in [0, 0.1) is 5.82 Å². The monoisotopic (exact) mass is 465 g/mol. The molecule has 2 fully saturated rings. The molecule has 4 rings (SSSR count). The summed E-state index contributed by atoms with van der Waals surface area (Å²) in [4.78, 5) is 14.9. The molecule has 0 aromatic heterocycles. The number of likely N-dealkylation sites (tertiary alicyclic amines) is 1. The molecule has 0 radical (unpaired) electrons. The van der Waals surface area contributed by atoms with Crippen molar-refractivity contribution in [1.82, 2.24) is 4.90 Å². The molecular formula is C24H26ClF2NO4. The van der Waals surface area contributed by atoms with E-state index in [1.54, 1.807) is 23.1 Å². The number of halogens is 3. The van der Waals surface area contributed by atoms with Gasteiger partial charge in [-0.3, -0.25) is 4.79 Å². The van der Waals surface area contributed by atoms with Crippen molar-refractivity contribution in [3.8, 4) is 5.75 Å². The molecule has 0 aliphatic carbocycles. The molecule has 2 aliphatic heterocycles. The van der Waals surface area contributed by atoms with Gasteiger partial charge in [-0.15, -0.1) is 0 Å². The Labute approximate surface area is 191 Å². The minimum absolute atomic E-state index is 0.0893. The van der Waals surface area contributed by atoms with Gasteiger partial charge in [-0.1, -0.05) is 23.7 Å². The van der Waals surface area contributed by atoms with Gasteiger partial charge in [0.1, 0.15) is 42.3 Å². The molecule has 1 unspecified atom stereocenters. The fraction of sp³-hybridized carbons (Fsp3) is 0.458. The van der Waals surface area contributed by atoms with Gasteiger partial charge < -0.3 is 19.1 Å². The Morgan fingerprint density at radius 3 is 2.84 bits per heavy atom. The second-order valence-electron chi connectivity index (χ2n) is 8.91. The van der Waals surface area contributed by atoms with Crippen LogP contribution < -0.4 is 4.74 Å². The van der Waals surface area contributed by atoms with Gasteiger partial charge >= 0.3 is 0 Å². The van der Waals surface area contributed by atoms with E-state index in [4.69, 9.17) is 25.8 Å². The molecular weight excluding hydrogens is 440 g/mol. The molecule has 2 aliphatic rings. The lowest BCUT2D eigenvalue weighted by Crippen LogP contribution is -2.52. The van der Waals surface area contributed by atoms with Crippen molar-refractivity contribution in [2.75, 3.05) is 26.5 Å². The Kier molecular flexibility index (Phi) is 6.43. The highest BCUT2D eigenvalue weighted by atomic mass is 35.5. The fourth-order valence-electron chi connectivity index (χ4n) is 4.25. The third-order valence-electron chi connectivity index (χ3n) is 5.73. The number of hydrogen-bond acceptors (Lipinski definition) is 4. The molecule has 2 aromatic carbocycles. The summed E-state index contributed by atoms with van der Waals surface area (Å²) in [6.45, 7) is 3.65. The van der Waals surface area contributed by atoms with Crippen LogP contribution in [-0.4, -0.2) is 48.6 Å². The summed E-state index contributed by atoms with van der Waals surface area (Å²) in [7, 11) is 0. The predicted octanol–water partition coefficient (Wildman–Crippen LogP) is 5.33. The molecule has 172 valence electrons. The minimum atomic E-state index is -1.50. The standard InChI is InChI=1S/C24H26ClF2NO4/c1-23(2,27)14-30-20-8-7-17(12-19(20)25)22(29)28-10-4-9-24(13-28)21(31-15-32-24)16-5-3-6-18(26)11-16/h3,5-8,11-12,21H,4,9-10,13-15H2,1-2H3/t21-,24?/m0/s1. The molecule has 1 spiro atoms. The molecule has 8 heteroatoms. The minimum Gasteiger partial charge on any atom is -0.489 e. The zero-order chi connectivity index (χ0) is 22.9. The van der Waals surface area contributed by atoms with E-state index in [0.29, 0.717) is 36.4 Å². The van der Waals surface area contributed by atoms with Crippen LogP contribution in [0.25, 0.3) is 0 Å². The van der Waals surface area contributed by atoms with Crippen molar-refractivity contribution >= 4 is 17.5 Å². The van der Waals surface area contributed by atoms with Gasteiger partial charge in [0.25, 0.3) is 5.91 Å². The number of rotatable bonds is 5. The number of hydrogen-bond donors (Lipinski definition) is 0. The number of carbonyl (C=O) groups excluding carboxylic acids is 1. The summed E-state index contributed by atoms with van der Waals surface area (Å²) in [6, 6.07) is 11.0. The second-order valence-corrected chi connectivity index (χ2v) is 9.32. The second kappa shape index (κ2) is 8.96. The van der Waals surface area contributed by atoms with Crippen LogP contribution in [-0.2, 0) is 9.47 Å². The smallest absolute Gasteiger partial charge is 0.254 e. The van der Waals surface area contributed by atoms with E-state index < -0.39 is 17.4 Å². The molecule has 5 nitrogen and oxygen atoms in total. The summed E-state index contributed by atoms with van der Waals surface area (Å²) >= 11 is 6.28. The normalized spacial score (nSPS) is 23.5. The lowest BCUT2D eigenvalue weighted by Gasteiger charge is -2.42. The predicted molar refractivity (Wildman–Crippen MR) is 116 cm³/mol. The quantitative estimate of drug-likeness (QED) is 0.599. The summed E-state index contributed by atoms with van der Waals surface area (Å²) in [6.07, 6.45) is 0.962. The van der Waals surface area contributed by atoms with E-state index in [-0.39, 0.29) is 30.1 Å². The van der Waals surface area contributed by atoms with Crippen molar-refractivity contribution in [3.05, 3.63) is 64.4 Å². The summed E-state index contributed by atoms with van der Waals surface area (Å²) < 4.78 is 44.7. The molecule has 2 aromatic rings. The average Bonchev–Trinajstić information content (AvgIpc) is 3.14. The number of amides is 1.